The van der Waals surface area contributed by atoms with Gasteiger partial charge >= 0.3 is 0 Å². The second kappa shape index (κ2) is 6.19. The second-order valence-corrected chi connectivity index (χ2v) is 6.19. The molecule has 0 bridgehead atoms. The predicted molar refractivity (Wildman–Crippen MR) is 76.8 cm³/mol. The van der Waals surface area contributed by atoms with E-state index in [0.717, 1.165) is 29.9 Å². The van der Waals surface area contributed by atoms with Crippen LogP contribution in [0.3, 0.4) is 0 Å². The van der Waals surface area contributed by atoms with Gasteiger partial charge in [0.25, 0.3) is 5.69 Å². The maximum absolute atomic E-state index is 12.3. The Morgan fingerprint density at radius 1 is 1.42 bits per heavy atom. The number of aryl methyl sites for hydroxylation is 1. The van der Waals surface area contributed by atoms with Crippen molar-refractivity contribution in [3.63, 3.8) is 0 Å². The average molecular weight is 279 g/mol. The number of Topliss-reactive ketones (excluding diaryl/α,β-unsaturated/α-hetero) is 1. The number of hydrogen-bond acceptors (Lipinski definition) is 4. The maximum atomic E-state index is 12.3. The summed E-state index contributed by atoms with van der Waals surface area (Å²) >= 11 is 1.91. The van der Waals surface area contributed by atoms with E-state index in [2.05, 4.69) is 0 Å². The first-order valence-corrected chi connectivity index (χ1v) is 7.59. The highest BCUT2D eigenvalue weighted by atomic mass is 32.2. The normalized spacial score (nSPS) is 16.3. The molecule has 1 aliphatic heterocycles. The summed E-state index contributed by atoms with van der Waals surface area (Å²) in [6.45, 7) is 1.84. The van der Waals surface area contributed by atoms with Crippen molar-refractivity contribution >= 4 is 23.2 Å². The summed E-state index contributed by atoms with van der Waals surface area (Å²) in [4.78, 5) is 22.8. The molecule has 0 aliphatic carbocycles. The molecule has 0 spiro atoms. The van der Waals surface area contributed by atoms with Gasteiger partial charge in [-0.15, -0.1) is 0 Å². The zero-order valence-corrected chi connectivity index (χ0v) is 11.7. The lowest BCUT2D eigenvalue weighted by Gasteiger charge is -2.20. The molecule has 0 N–H and O–H groups in total. The number of thioether (sulfide) groups is 1. The molecule has 5 heteroatoms. The molecule has 0 unspecified atom stereocenters. The maximum Gasteiger partial charge on any atom is 0.280 e. The molecule has 2 rings (SSSR count). The smallest absolute Gasteiger partial charge is 0.280 e. The summed E-state index contributed by atoms with van der Waals surface area (Å²) < 4.78 is 0. The van der Waals surface area contributed by atoms with E-state index in [9.17, 15) is 14.9 Å². The van der Waals surface area contributed by atoms with E-state index in [1.54, 1.807) is 12.1 Å². The van der Waals surface area contributed by atoms with E-state index in [4.69, 9.17) is 0 Å². The van der Waals surface area contributed by atoms with Gasteiger partial charge in [0, 0.05) is 12.5 Å². The van der Waals surface area contributed by atoms with E-state index in [0.29, 0.717) is 12.3 Å². The molecular weight excluding hydrogens is 262 g/mol. The van der Waals surface area contributed by atoms with Crippen LogP contribution in [-0.4, -0.2) is 22.2 Å². The van der Waals surface area contributed by atoms with Crippen LogP contribution in [0.15, 0.2) is 18.2 Å². The third-order valence-corrected chi connectivity index (χ3v) is 4.51. The molecule has 19 heavy (non-hydrogen) atoms. The zero-order valence-electron chi connectivity index (χ0n) is 10.9. The van der Waals surface area contributed by atoms with E-state index in [1.807, 2.05) is 18.7 Å². The molecule has 102 valence electrons. The van der Waals surface area contributed by atoms with E-state index in [-0.39, 0.29) is 17.0 Å². The minimum absolute atomic E-state index is 0.0687. The van der Waals surface area contributed by atoms with Gasteiger partial charge in [-0.25, -0.2) is 0 Å². The van der Waals surface area contributed by atoms with Crippen molar-refractivity contribution in [1.29, 1.82) is 0 Å². The fourth-order valence-corrected chi connectivity index (χ4v) is 3.56. The Morgan fingerprint density at radius 2 is 2.11 bits per heavy atom. The van der Waals surface area contributed by atoms with Crippen molar-refractivity contribution in [1.82, 2.24) is 0 Å². The summed E-state index contributed by atoms with van der Waals surface area (Å²) in [5.41, 5.74) is 1.08. The van der Waals surface area contributed by atoms with Crippen molar-refractivity contribution in [3.05, 3.63) is 39.4 Å². The SMILES string of the molecule is Cc1ccc([N+](=O)[O-])c(C(=O)CC2CCSCC2)c1. The van der Waals surface area contributed by atoms with Gasteiger partial charge in [0.15, 0.2) is 5.78 Å². The number of ketones is 1. The lowest BCUT2D eigenvalue weighted by atomic mass is 9.92. The zero-order chi connectivity index (χ0) is 13.8. The summed E-state index contributed by atoms with van der Waals surface area (Å²) in [7, 11) is 0. The fourth-order valence-electron chi connectivity index (χ4n) is 2.36. The van der Waals surface area contributed by atoms with Crippen LogP contribution in [0, 0.1) is 23.0 Å². The largest absolute Gasteiger partial charge is 0.294 e. The Morgan fingerprint density at radius 3 is 2.74 bits per heavy atom. The summed E-state index contributed by atoms with van der Waals surface area (Å²) in [6, 6.07) is 4.74. The number of benzene rings is 1. The molecule has 4 nitrogen and oxygen atoms in total. The Labute approximate surface area is 116 Å². The van der Waals surface area contributed by atoms with Gasteiger partial charge in [-0.1, -0.05) is 6.07 Å². The highest BCUT2D eigenvalue weighted by molar-refractivity contribution is 7.99. The first kappa shape index (κ1) is 14.1. The van der Waals surface area contributed by atoms with Crippen LogP contribution in [0.1, 0.15) is 35.2 Å². The van der Waals surface area contributed by atoms with Gasteiger partial charge in [-0.3, -0.25) is 14.9 Å². The van der Waals surface area contributed by atoms with Gasteiger partial charge in [0.05, 0.1) is 10.5 Å². The van der Waals surface area contributed by atoms with Crippen molar-refractivity contribution in [2.45, 2.75) is 26.2 Å². The van der Waals surface area contributed by atoms with Crippen LogP contribution < -0.4 is 0 Å². The molecule has 1 saturated heterocycles. The highest BCUT2D eigenvalue weighted by Gasteiger charge is 2.24. The number of carbonyl (C=O) groups excluding carboxylic acids is 1. The molecule has 1 aromatic rings. The van der Waals surface area contributed by atoms with Gasteiger partial charge < -0.3 is 0 Å². The lowest BCUT2D eigenvalue weighted by Crippen LogP contribution is -2.15. The van der Waals surface area contributed by atoms with Crippen LogP contribution in [0.5, 0.6) is 0 Å². The second-order valence-electron chi connectivity index (χ2n) is 4.96. The first-order valence-electron chi connectivity index (χ1n) is 6.44. The van der Waals surface area contributed by atoms with E-state index in [1.165, 1.54) is 6.07 Å². The van der Waals surface area contributed by atoms with Crippen molar-refractivity contribution in [2.24, 2.45) is 5.92 Å². The van der Waals surface area contributed by atoms with Gasteiger partial charge in [-0.2, -0.15) is 11.8 Å². The third kappa shape index (κ3) is 3.56. The molecule has 0 amide bonds. The van der Waals surface area contributed by atoms with Crippen molar-refractivity contribution in [2.75, 3.05) is 11.5 Å². The molecule has 0 radical (unpaired) electrons. The van der Waals surface area contributed by atoms with E-state index >= 15 is 0 Å². The summed E-state index contributed by atoms with van der Waals surface area (Å²) in [5.74, 6) is 2.48. The van der Waals surface area contributed by atoms with E-state index < -0.39 is 4.92 Å². The molecule has 1 heterocycles. The molecular formula is C14H17NO3S. The Hall–Kier alpha value is -1.36. The molecule has 1 aliphatic rings. The minimum Gasteiger partial charge on any atom is -0.294 e. The topological polar surface area (TPSA) is 60.2 Å². The molecule has 1 fully saturated rings. The van der Waals surface area contributed by atoms with Crippen LogP contribution in [0.2, 0.25) is 0 Å². The quantitative estimate of drug-likeness (QED) is 0.480. The molecule has 0 aromatic heterocycles. The predicted octanol–water partition coefficient (Wildman–Crippen LogP) is 3.62. The molecule has 0 saturated carbocycles. The van der Waals surface area contributed by atoms with Crippen molar-refractivity contribution < 1.29 is 9.72 Å². The minimum atomic E-state index is -0.469. The summed E-state index contributed by atoms with van der Waals surface area (Å²) in [6.07, 6.45) is 2.51. The average Bonchev–Trinajstić information content (AvgIpc) is 2.39. The lowest BCUT2D eigenvalue weighted by molar-refractivity contribution is -0.385. The number of nitro groups is 1. The molecule has 1 aromatic carbocycles. The number of rotatable bonds is 4. The number of nitrogens with zero attached hydrogens (tertiary/aromatic N) is 1. The Bertz CT molecular complexity index is 495. The highest BCUT2D eigenvalue weighted by Crippen LogP contribution is 2.29. The monoisotopic (exact) mass is 279 g/mol. The third-order valence-electron chi connectivity index (χ3n) is 3.46. The number of hydrogen-bond donors (Lipinski definition) is 0. The summed E-state index contributed by atoms with van der Waals surface area (Å²) in [5, 5.41) is 11.0. The fraction of sp³-hybridized carbons (Fsp3) is 0.500. The van der Waals surface area contributed by atoms with Gasteiger partial charge in [0.1, 0.15) is 0 Å². The molecule has 0 atom stereocenters. The Balaban J connectivity index is 2.17. The van der Waals surface area contributed by atoms with Gasteiger partial charge in [-0.05, 0) is 48.8 Å². The first-order chi connectivity index (χ1) is 9.08. The number of nitro benzene ring substituents is 1. The van der Waals surface area contributed by atoms with Crippen LogP contribution in [0.25, 0.3) is 0 Å². The number of carbonyl (C=O) groups is 1. The van der Waals surface area contributed by atoms with Crippen LogP contribution in [0.4, 0.5) is 5.69 Å². The Kier molecular flexibility index (Phi) is 4.58. The van der Waals surface area contributed by atoms with Crippen LogP contribution in [-0.2, 0) is 0 Å². The standard InChI is InChI=1S/C14H17NO3S/c1-10-2-3-13(15(17)18)12(8-10)14(16)9-11-4-6-19-7-5-11/h2-3,8,11H,4-7,9H2,1H3. The van der Waals surface area contributed by atoms with Crippen LogP contribution >= 0.6 is 11.8 Å². The van der Waals surface area contributed by atoms with Gasteiger partial charge in [0.2, 0.25) is 0 Å². The van der Waals surface area contributed by atoms with Crippen molar-refractivity contribution in [3.8, 4) is 0 Å².